The molecular formula is C15H24N2O. The summed E-state index contributed by atoms with van der Waals surface area (Å²) in [6, 6.07) is 8.45. The van der Waals surface area contributed by atoms with Crippen LogP contribution in [-0.2, 0) is 13.1 Å². The van der Waals surface area contributed by atoms with Crippen LogP contribution >= 0.6 is 0 Å². The lowest BCUT2D eigenvalue weighted by atomic mass is 9.82. The fraction of sp³-hybridized carbons (Fsp3) is 0.600. The van der Waals surface area contributed by atoms with Crippen molar-refractivity contribution in [2.45, 2.75) is 45.9 Å². The Hall–Kier alpha value is -0.900. The molecule has 3 N–H and O–H groups in total. The number of rotatable bonds is 3. The number of nitrogens with two attached hydrogens (primary N) is 1. The van der Waals surface area contributed by atoms with Crippen molar-refractivity contribution < 1.29 is 5.11 Å². The van der Waals surface area contributed by atoms with Crippen LogP contribution in [0.3, 0.4) is 0 Å². The van der Waals surface area contributed by atoms with E-state index in [1.807, 2.05) is 0 Å². The minimum atomic E-state index is -0.0307. The molecule has 1 aliphatic rings. The second-order valence-corrected chi connectivity index (χ2v) is 6.32. The van der Waals surface area contributed by atoms with Gasteiger partial charge in [-0.1, -0.05) is 45.0 Å². The van der Waals surface area contributed by atoms with Gasteiger partial charge in [-0.15, -0.1) is 0 Å². The predicted octanol–water partition coefficient (Wildman–Crippen LogP) is 1.74. The summed E-state index contributed by atoms with van der Waals surface area (Å²) < 4.78 is 0. The molecule has 18 heavy (non-hydrogen) atoms. The molecule has 0 aliphatic carbocycles. The summed E-state index contributed by atoms with van der Waals surface area (Å²) in [7, 11) is 0. The number of hydrogen-bond acceptors (Lipinski definition) is 3. The van der Waals surface area contributed by atoms with Crippen LogP contribution in [0.1, 0.15) is 31.9 Å². The van der Waals surface area contributed by atoms with Gasteiger partial charge in [0, 0.05) is 25.2 Å². The monoisotopic (exact) mass is 248 g/mol. The molecular weight excluding hydrogens is 224 g/mol. The molecule has 3 heteroatoms. The van der Waals surface area contributed by atoms with Crippen LogP contribution in [0.5, 0.6) is 0 Å². The highest BCUT2D eigenvalue weighted by Crippen LogP contribution is 2.29. The summed E-state index contributed by atoms with van der Waals surface area (Å²) >= 11 is 0. The number of benzene rings is 1. The quantitative estimate of drug-likeness (QED) is 0.856. The topological polar surface area (TPSA) is 49.5 Å². The van der Waals surface area contributed by atoms with Crippen molar-refractivity contribution in [2.75, 3.05) is 6.61 Å². The van der Waals surface area contributed by atoms with E-state index in [0.29, 0.717) is 0 Å². The lowest BCUT2D eigenvalue weighted by Gasteiger charge is -2.38. The van der Waals surface area contributed by atoms with E-state index >= 15 is 0 Å². The Labute approximate surface area is 110 Å². The number of fused-ring (bicyclic) bond motifs is 1. The van der Waals surface area contributed by atoms with Gasteiger partial charge < -0.3 is 10.8 Å². The maximum Gasteiger partial charge on any atom is 0.0602 e. The van der Waals surface area contributed by atoms with Gasteiger partial charge >= 0.3 is 0 Å². The molecule has 2 atom stereocenters. The van der Waals surface area contributed by atoms with Crippen LogP contribution in [0.15, 0.2) is 24.3 Å². The van der Waals surface area contributed by atoms with Crippen LogP contribution in [0.4, 0.5) is 0 Å². The molecule has 0 aromatic heterocycles. The minimum Gasteiger partial charge on any atom is -0.395 e. The van der Waals surface area contributed by atoms with Gasteiger partial charge in [-0.3, -0.25) is 4.90 Å². The van der Waals surface area contributed by atoms with E-state index in [1.54, 1.807) is 0 Å². The summed E-state index contributed by atoms with van der Waals surface area (Å²) in [6.07, 6.45) is 0. The number of aliphatic hydroxyl groups is 1. The Morgan fingerprint density at radius 2 is 1.72 bits per heavy atom. The van der Waals surface area contributed by atoms with Crippen molar-refractivity contribution in [2.24, 2.45) is 11.1 Å². The fourth-order valence-corrected chi connectivity index (χ4v) is 2.63. The lowest BCUT2D eigenvalue weighted by molar-refractivity contribution is 0.0688. The van der Waals surface area contributed by atoms with Crippen molar-refractivity contribution in [1.29, 1.82) is 0 Å². The first kappa shape index (κ1) is 13.5. The third-order valence-electron chi connectivity index (χ3n) is 3.94. The first-order chi connectivity index (χ1) is 8.43. The van der Waals surface area contributed by atoms with Crippen LogP contribution in [0.2, 0.25) is 0 Å². The van der Waals surface area contributed by atoms with Crippen LogP contribution in [-0.4, -0.2) is 28.7 Å². The molecule has 0 fully saturated rings. The zero-order valence-corrected chi connectivity index (χ0v) is 11.6. The van der Waals surface area contributed by atoms with E-state index in [9.17, 15) is 5.11 Å². The average molecular weight is 248 g/mol. The van der Waals surface area contributed by atoms with Crippen molar-refractivity contribution in [1.82, 2.24) is 4.90 Å². The fourth-order valence-electron chi connectivity index (χ4n) is 2.63. The zero-order chi connectivity index (χ0) is 13.3. The molecule has 1 aromatic rings. The third-order valence-corrected chi connectivity index (χ3v) is 3.94. The summed E-state index contributed by atoms with van der Waals surface area (Å²) in [5.41, 5.74) is 9.04. The first-order valence-corrected chi connectivity index (χ1v) is 6.60. The highest BCUT2D eigenvalue weighted by atomic mass is 16.3. The molecule has 2 rings (SSSR count). The lowest BCUT2D eigenvalue weighted by Crippen LogP contribution is -2.54. The van der Waals surface area contributed by atoms with E-state index in [2.05, 4.69) is 49.9 Å². The summed E-state index contributed by atoms with van der Waals surface area (Å²) in [5, 5.41) is 9.68. The highest BCUT2D eigenvalue weighted by Gasteiger charge is 2.34. The van der Waals surface area contributed by atoms with Gasteiger partial charge in [0.25, 0.3) is 0 Å². The van der Waals surface area contributed by atoms with Gasteiger partial charge in [0.15, 0.2) is 0 Å². The SMILES string of the molecule is CC(C)(C)C(N)C(CO)N1Cc2ccccc2C1. The third kappa shape index (κ3) is 2.58. The highest BCUT2D eigenvalue weighted by molar-refractivity contribution is 5.30. The molecule has 0 spiro atoms. The van der Waals surface area contributed by atoms with E-state index in [4.69, 9.17) is 5.73 Å². The molecule has 1 aromatic carbocycles. The average Bonchev–Trinajstić information content (AvgIpc) is 2.71. The predicted molar refractivity (Wildman–Crippen MR) is 74.0 cm³/mol. The summed E-state index contributed by atoms with van der Waals surface area (Å²) in [4.78, 5) is 2.29. The second kappa shape index (κ2) is 5.00. The second-order valence-electron chi connectivity index (χ2n) is 6.32. The van der Waals surface area contributed by atoms with Gasteiger partial charge in [0.1, 0.15) is 0 Å². The molecule has 3 nitrogen and oxygen atoms in total. The Morgan fingerprint density at radius 1 is 1.22 bits per heavy atom. The van der Waals surface area contributed by atoms with Gasteiger partial charge in [0.2, 0.25) is 0 Å². The van der Waals surface area contributed by atoms with E-state index in [-0.39, 0.29) is 24.1 Å². The number of aliphatic hydroxyl groups excluding tert-OH is 1. The largest absolute Gasteiger partial charge is 0.395 e. The Kier molecular flexibility index (Phi) is 3.76. The smallest absolute Gasteiger partial charge is 0.0602 e. The van der Waals surface area contributed by atoms with Crippen LogP contribution in [0.25, 0.3) is 0 Å². The molecule has 0 saturated carbocycles. The minimum absolute atomic E-state index is 0.00215. The van der Waals surface area contributed by atoms with Gasteiger partial charge in [-0.2, -0.15) is 0 Å². The van der Waals surface area contributed by atoms with E-state index < -0.39 is 0 Å². The number of nitrogens with zero attached hydrogens (tertiary/aromatic N) is 1. The van der Waals surface area contributed by atoms with Crippen molar-refractivity contribution in [3.63, 3.8) is 0 Å². The maximum atomic E-state index is 9.68. The van der Waals surface area contributed by atoms with Crippen LogP contribution < -0.4 is 5.73 Å². The Bertz CT molecular complexity index is 386. The molecule has 2 unspecified atom stereocenters. The van der Waals surface area contributed by atoms with Gasteiger partial charge in [-0.25, -0.2) is 0 Å². The van der Waals surface area contributed by atoms with E-state index in [1.165, 1.54) is 11.1 Å². The standard InChI is InChI=1S/C15H24N2O/c1-15(2,3)14(16)13(10-18)17-8-11-6-4-5-7-12(11)9-17/h4-7,13-14,18H,8-10,16H2,1-3H3. The first-order valence-electron chi connectivity index (χ1n) is 6.60. The molecule has 0 amide bonds. The van der Waals surface area contributed by atoms with Crippen molar-refractivity contribution in [3.05, 3.63) is 35.4 Å². The van der Waals surface area contributed by atoms with Crippen molar-refractivity contribution in [3.8, 4) is 0 Å². The molecule has 0 radical (unpaired) electrons. The summed E-state index contributed by atoms with van der Waals surface area (Å²) in [6.45, 7) is 8.29. The Morgan fingerprint density at radius 3 is 2.11 bits per heavy atom. The van der Waals surface area contributed by atoms with Gasteiger partial charge in [0.05, 0.1) is 6.61 Å². The molecule has 100 valence electrons. The normalized spacial score (nSPS) is 19.6. The van der Waals surface area contributed by atoms with Crippen molar-refractivity contribution >= 4 is 0 Å². The Balaban J connectivity index is 2.13. The van der Waals surface area contributed by atoms with Gasteiger partial charge in [-0.05, 0) is 16.5 Å². The zero-order valence-electron chi connectivity index (χ0n) is 11.6. The maximum absolute atomic E-state index is 9.68. The summed E-state index contributed by atoms with van der Waals surface area (Å²) in [5.74, 6) is 0. The number of hydrogen-bond donors (Lipinski definition) is 2. The van der Waals surface area contributed by atoms with Crippen LogP contribution in [0, 0.1) is 5.41 Å². The molecule has 1 heterocycles. The molecule has 0 saturated heterocycles. The molecule has 1 aliphatic heterocycles. The van der Waals surface area contributed by atoms with E-state index in [0.717, 1.165) is 13.1 Å². The molecule has 0 bridgehead atoms.